The summed E-state index contributed by atoms with van der Waals surface area (Å²) in [6, 6.07) is 37.5. The van der Waals surface area contributed by atoms with E-state index in [4.69, 9.17) is 0 Å². The molecule has 0 heterocycles. The minimum Gasteiger partial charge on any atom is -0.294 e. The van der Waals surface area contributed by atoms with Gasteiger partial charge in [0, 0.05) is 39.8 Å². The lowest BCUT2D eigenvalue weighted by atomic mass is 9.84. The number of carbonyl (C=O) groups is 3. The maximum Gasteiger partial charge on any atom is 0.166 e. The molecule has 3 nitrogen and oxygen atoms in total. The predicted molar refractivity (Wildman–Crippen MR) is 218 cm³/mol. The molecule has 0 atom stereocenters. The minimum atomic E-state index is -0.188. The molecule has 262 valence electrons. The molecule has 0 radical (unpaired) electrons. The zero-order chi connectivity index (χ0) is 37.1. The number of carbonyl (C=O) groups excluding carboxylic acids is 3. The molecule has 0 aromatic heterocycles. The first-order valence-electron chi connectivity index (χ1n) is 18.5. The number of fused-ring (bicyclic) bond motifs is 5. The van der Waals surface area contributed by atoms with Gasteiger partial charge in [0.25, 0.3) is 0 Å². The van der Waals surface area contributed by atoms with E-state index in [0.29, 0.717) is 28.5 Å². The van der Waals surface area contributed by atoms with Gasteiger partial charge in [0.05, 0.1) is 0 Å². The molecule has 2 aliphatic carbocycles. The molecule has 1 saturated carbocycles. The van der Waals surface area contributed by atoms with Crippen molar-refractivity contribution < 1.29 is 14.4 Å². The molecule has 0 amide bonds. The molecular formula is C49H48O3. The Hall–Kier alpha value is -5.41. The van der Waals surface area contributed by atoms with Crippen LogP contribution in [0.5, 0.6) is 0 Å². The monoisotopic (exact) mass is 684 g/mol. The largest absolute Gasteiger partial charge is 0.294 e. The van der Waals surface area contributed by atoms with Crippen molar-refractivity contribution in [2.24, 2.45) is 5.92 Å². The number of hydrogen-bond acceptors (Lipinski definition) is 3. The fourth-order valence-corrected chi connectivity index (χ4v) is 7.33. The fraction of sp³-hybridized carbons (Fsp3) is 0.245. The molecule has 0 unspecified atom stereocenters. The Labute approximate surface area is 308 Å². The number of ketones is 3. The summed E-state index contributed by atoms with van der Waals surface area (Å²) >= 11 is 0. The van der Waals surface area contributed by atoms with Gasteiger partial charge in [0.2, 0.25) is 0 Å². The molecule has 6 aromatic rings. The number of aryl methyl sites for hydroxylation is 2. The second-order valence-corrected chi connectivity index (χ2v) is 14.4. The summed E-state index contributed by atoms with van der Waals surface area (Å²) in [7, 11) is 0. The molecule has 0 saturated heterocycles. The number of rotatable bonds is 6. The van der Waals surface area contributed by atoms with Crippen molar-refractivity contribution in [3.63, 3.8) is 0 Å². The van der Waals surface area contributed by atoms with E-state index in [-0.39, 0.29) is 23.3 Å². The summed E-state index contributed by atoms with van der Waals surface area (Å²) in [6.45, 7) is 13.4. The number of benzene rings is 6. The zero-order valence-electron chi connectivity index (χ0n) is 31.5. The first-order chi connectivity index (χ1) is 25.0. The second-order valence-electron chi connectivity index (χ2n) is 14.4. The van der Waals surface area contributed by atoms with Crippen molar-refractivity contribution in [2.75, 3.05) is 0 Å². The van der Waals surface area contributed by atoms with E-state index >= 15 is 0 Å². The summed E-state index contributed by atoms with van der Waals surface area (Å²) < 4.78 is 0. The van der Waals surface area contributed by atoms with Gasteiger partial charge < -0.3 is 0 Å². The highest BCUT2D eigenvalue weighted by atomic mass is 16.1. The van der Waals surface area contributed by atoms with E-state index < -0.39 is 0 Å². The molecular weight excluding hydrogens is 637 g/mol. The van der Waals surface area contributed by atoms with Crippen molar-refractivity contribution in [1.29, 1.82) is 0 Å². The normalized spacial score (nSPS) is 12.3. The van der Waals surface area contributed by atoms with Gasteiger partial charge in [-0.3, -0.25) is 14.4 Å². The Morgan fingerprint density at radius 3 is 1.94 bits per heavy atom. The third kappa shape index (κ3) is 7.46. The number of allylic oxidation sites excluding steroid dienone is 2. The standard InChI is InChI=1S/C24H26O3.C14H12.C11H10/c1-6-21(26)19-11-12-20(24(27)13(2)3)23-18(15(5)25)10-9-17(22(19)23)14(4)16-7-8-16;1-10-6-7-14-12(8-10)9-11-4-2-3-5-13(11)14;1-9-5-4-7-10-6-2-3-8-11(9)10/h9-13H,6-8H2,1-5H3;2-8H,9H2,1H3;2-8H,1H3. The van der Waals surface area contributed by atoms with Crippen molar-refractivity contribution in [2.45, 2.75) is 74.1 Å². The lowest BCUT2D eigenvalue weighted by Crippen LogP contribution is -2.12. The lowest BCUT2D eigenvalue weighted by molar-refractivity contribution is 0.0939. The molecule has 0 N–H and O–H groups in total. The van der Waals surface area contributed by atoms with Crippen LogP contribution < -0.4 is 0 Å². The summed E-state index contributed by atoms with van der Waals surface area (Å²) in [6.07, 6.45) is 3.63. The molecule has 8 rings (SSSR count). The second kappa shape index (κ2) is 15.5. The van der Waals surface area contributed by atoms with Gasteiger partial charge in [-0.15, -0.1) is 0 Å². The molecule has 0 aliphatic heterocycles. The Kier molecular flexibility index (Phi) is 10.8. The van der Waals surface area contributed by atoms with Crippen molar-refractivity contribution in [3.05, 3.63) is 159 Å². The Morgan fingerprint density at radius 1 is 0.635 bits per heavy atom. The molecule has 1 fully saturated rings. The van der Waals surface area contributed by atoms with Gasteiger partial charge in [-0.05, 0) is 96.7 Å². The van der Waals surface area contributed by atoms with Crippen LogP contribution in [-0.4, -0.2) is 17.3 Å². The maximum atomic E-state index is 12.9. The van der Waals surface area contributed by atoms with Crippen LogP contribution >= 0.6 is 0 Å². The molecule has 6 aromatic carbocycles. The molecule has 0 spiro atoms. The van der Waals surface area contributed by atoms with Crippen LogP contribution in [0.1, 0.15) is 113 Å². The van der Waals surface area contributed by atoms with Crippen LogP contribution in [0.25, 0.3) is 38.2 Å². The van der Waals surface area contributed by atoms with Crippen LogP contribution in [0.2, 0.25) is 0 Å². The third-order valence-corrected chi connectivity index (χ3v) is 10.3. The SMILES string of the molecule is CCC(=O)c1ccc(C(=O)C(C)C)c2c(C(C)=O)ccc(C(C)=C3CC3)c12.Cc1ccc2c(c1)Cc1ccccc1-2.Cc1cccc2ccccc12. The highest BCUT2D eigenvalue weighted by Gasteiger charge is 2.25. The van der Waals surface area contributed by atoms with E-state index in [1.54, 1.807) is 12.1 Å². The van der Waals surface area contributed by atoms with E-state index in [0.717, 1.165) is 35.8 Å². The number of hydrogen-bond donors (Lipinski definition) is 0. The summed E-state index contributed by atoms with van der Waals surface area (Å²) in [4.78, 5) is 38.0. The average molecular weight is 685 g/mol. The van der Waals surface area contributed by atoms with E-state index in [2.05, 4.69) is 106 Å². The Morgan fingerprint density at radius 2 is 1.25 bits per heavy atom. The topological polar surface area (TPSA) is 51.2 Å². The third-order valence-electron chi connectivity index (χ3n) is 10.3. The van der Waals surface area contributed by atoms with Crippen molar-refractivity contribution in [1.82, 2.24) is 0 Å². The van der Waals surface area contributed by atoms with Crippen molar-refractivity contribution in [3.8, 4) is 11.1 Å². The molecule has 52 heavy (non-hydrogen) atoms. The highest BCUT2D eigenvalue weighted by Crippen LogP contribution is 2.41. The van der Waals surface area contributed by atoms with Crippen LogP contribution in [0.15, 0.2) is 115 Å². The van der Waals surface area contributed by atoms with Crippen LogP contribution in [0.4, 0.5) is 0 Å². The quantitative estimate of drug-likeness (QED) is 0.164. The van der Waals surface area contributed by atoms with E-state index in [1.165, 1.54) is 56.6 Å². The molecule has 0 bridgehead atoms. The molecule has 2 aliphatic rings. The highest BCUT2D eigenvalue weighted by molar-refractivity contribution is 6.23. The fourth-order valence-electron chi connectivity index (χ4n) is 7.33. The summed E-state index contributed by atoms with van der Waals surface area (Å²) in [5, 5.41) is 4.08. The summed E-state index contributed by atoms with van der Waals surface area (Å²) in [5.74, 6) is -0.263. The Balaban J connectivity index is 0.000000153. The van der Waals surface area contributed by atoms with Gasteiger partial charge in [-0.2, -0.15) is 0 Å². The van der Waals surface area contributed by atoms with Gasteiger partial charge in [-0.1, -0.05) is 141 Å². The lowest BCUT2D eigenvalue weighted by Gasteiger charge is -2.18. The first-order valence-corrected chi connectivity index (χ1v) is 18.5. The van der Waals surface area contributed by atoms with Gasteiger partial charge in [0.1, 0.15) is 0 Å². The zero-order valence-corrected chi connectivity index (χ0v) is 31.5. The predicted octanol–water partition coefficient (Wildman–Crippen LogP) is 12.8. The van der Waals surface area contributed by atoms with Crippen LogP contribution in [-0.2, 0) is 6.42 Å². The van der Waals surface area contributed by atoms with E-state index in [1.807, 2.05) is 32.9 Å². The maximum absolute atomic E-state index is 12.9. The average Bonchev–Trinajstić information content (AvgIpc) is 3.94. The number of Topliss-reactive ketones (excluding diaryl/α,β-unsaturated/α-hetero) is 3. The smallest absolute Gasteiger partial charge is 0.166 e. The van der Waals surface area contributed by atoms with Crippen LogP contribution in [0.3, 0.4) is 0 Å². The van der Waals surface area contributed by atoms with Gasteiger partial charge >= 0.3 is 0 Å². The van der Waals surface area contributed by atoms with Crippen LogP contribution in [0, 0.1) is 19.8 Å². The van der Waals surface area contributed by atoms with Gasteiger partial charge in [0.15, 0.2) is 17.3 Å². The van der Waals surface area contributed by atoms with Crippen molar-refractivity contribution >= 4 is 44.5 Å². The van der Waals surface area contributed by atoms with Gasteiger partial charge in [-0.25, -0.2) is 0 Å². The Bertz CT molecular complexity index is 2380. The van der Waals surface area contributed by atoms with E-state index in [9.17, 15) is 14.4 Å². The first kappa shape index (κ1) is 36.4. The molecule has 3 heteroatoms. The minimum absolute atomic E-state index is 0.00752. The summed E-state index contributed by atoms with van der Waals surface area (Å²) in [5.41, 5.74) is 13.7.